The van der Waals surface area contributed by atoms with Crippen LogP contribution in [0.3, 0.4) is 0 Å². The zero-order chi connectivity index (χ0) is 15.0. The van der Waals surface area contributed by atoms with Crippen molar-refractivity contribution >= 4 is 17.8 Å². The summed E-state index contributed by atoms with van der Waals surface area (Å²) in [6, 6.07) is -0.513. The molecule has 21 heavy (non-hydrogen) atoms. The van der Waals surface area contributed by atoms with E-state index >= 15 is 0 Å². The van der Waals surface area contributed by atoms with Crippen molar-refractivity contribution in [2.24, 2.45) is 0 Å². The van der Waals surface area contributed by atoms with Gasteiger partial charge in [0.15, 0.2) is 0 Å². The predicted octanol–water partition coefficient (Wildman–Crippen LogP) is -0.819. The van der Waals surface area contributed by atoms with Crippen molar-refractivity contribution in [2.75, 3.05) is 13.1 Å². The van der Waals surface area contributed by atoms with Gasteiger partial charge < -0.3 is 10.2 Å². The van der Waals surface area contributed by atoms with Gasteiger partial charge in [0.05, 0.1) is 6.54 Å². The van der Waals surface area contributed by atoms with Gasteiger partial charge in [0.2, 0.25) is 5.82 Å². The summed E-state index contributed by atoms with van der Waals surface area (Å²) in [6.07, 6.45) is 1.80. The Hall–Kier alpha value is -2.45. The van der Waals surface area contributed by atoms with Crippen LogP contribution in [0.15, 0.2) is 0 Å². The highest BCUT2D eigenvalue weighted by Crippen LogP contribution is 2.25. The molecule has 2 fully saturated rings. The highest BCUT2D eigenvalue weighted by Gasteiger charge is 2.49. The van der Waals surface area contributed by atoms with Crippen LogP contribution in [0.4, 0.5) is 4.79 Å². The van der Waals surface area contributed by atoms with Gasteiger partial charge in [0, 0.05) is 13.0 Å². The molecule has 0 aliphatic carbocycles. The summed E-state index contributed by atoms with van der Waals surface area (Å²) >= 11 is 0. The first-order chi connectivity index (χ1) is 10.0. The molecule has 2 saturated heterocycles. The second-order valence-electron chi connectivity index (χ2n) is 5.28. The third-order valence-corrected chi connectivity index (χ3v) is 3.85. The molecule has 0 saturated carbocycles. The SMILES string of the molecule is CCc1nc(C(=O)N2CCCC3(C2)NC(=O)NC3=O)n[nH]1. The average Bonchev–Trinajstić information content (AvgIpc) is 3.04. The highest BCUT2D eigenvalue weighted by atomic mass is 16.2. The van der Waals surface area contributed by atoms with E-state index in [1.807, 2.05) is 6.92 Å². The van der Waals surface area contributed by atoms with Gasteiger partial charge in [-0.05, 0) is 12.8 Å². The molecular formula is C12H16N6O3. The van der Waals surface area contributed by atoms with Gasteiger partial charge in [-0.15, -0.1) is 5.10 Å². The number of likely N-dealkylation sites (tertiary alicyclic amines) is 1. The smallest absolute Gasteiger partial charge is 0.322 e. The van der Waals surface area contributed by atoms with Gasteiger partial charge in [-0.3, -0.25) is 20.0 Å². The van der Waals surface area contributed by atoms with Crippen molar-refractivity contribution in [3.63, 3.8) is 0 Å². The second kappa shape index (κ2) is 4.83. The van der Waals surface area contributed by atoms with Gasteiger partial charge in [-0.1, -0.05) is 6.92 Å². The number of aromatic amines is 1. The molecular weight excluding hydrogens is 276 g/mol. The molecule has 9 heteroatoms. The summed E-state index contributed by atoms with van der Waals surface area (Å²) < 4.78 is 0. The van der Waals surface area contributed by atoms with Crippen LogP contribution >= 0.6 is 0 Å². The van der Waals surface area contributed by atoms with E-state index in [2.05, 4.69) is 25.8 Å². The first-order valence-corrected chi connectivity index (χ1v) is 6.88. The Morgan fingerprint density at radius 2 is 2.24 bits per heavy atom. The van der Waals surface area contributed by atoms with Crippen LogP contribution < -0.4 is 10.6 Å². The number of imide groups is 1. The number of H-pyrrole nitrogens is 1. The summed E-state index contributed by atoms with van der Waals surface area (Å²) in [5, 5.41) is 11.4. The number of amides is 4. The van der Waals surface area contributed by atoms with Gasteiger partial charge in [0.1, 0.15) is 11.4 Å². The molecule has 0 aromatic carbocycles. The molecule has 1 aromatic rings. The normalized spacial score (nSPS) is 25.1. The molecule has 0 bridgehead atoms. The third kappa shape index (κ3) is 2.24. The molecule has 4 amide bonds. The summed E-state index contributed by atoms with van der Waals surface area (Å²) in [6.45, 7) is 2.56. The van der Waals surface area contributed by atoms with Crippen molar-refractivity contribution in [1.29, 1.82) is 0 Å². The summed E-state index contributed by atoms with van der Waals surface area (Å²) in [4.78, 5) is 41.3. The number of aromatic nitrogens is 3. The van der Waals surface area contributed by atoms with E-state index in [1.165, 1.54) is 4.90 Å². The van der Waals surface area contributed by atoms with Gasteiger partial charge in [0.25, 0.3) is 11.8 Å². The molecule has 1 aromatic heterocycles. The Morgan fingerprint density at radius 3 is 2.86 bits per heavy atom. The topological polar surface area (TPSA) is 120 Å². The molecule has 0 radical (unpaired) electrons. The van der Waals surface area contributed by atoms with Gasteiger partial charge in [-0.2, -0.15) is 0 Å². The Labute approximate surface area is 120 Å². The van der Waals surface area contributed by atoms with E-state index in [1.54, 1.807) is 0 Å². The maximum absolute atomic E-state index is 12.4. The molecule has 2 aliphatic heterocycles. The van der Waals surface area contributed by atoms with Crippen molar-refractivity contribution in [1.82, 2.24) is 30.7 Å². The van der Waals surface area contributed by atoms with Crippen LogP contribution in [-0.2, 0) is 11.2 Å². The Kier molecular flexibility index (Phi) is 3.11. The van der Waals surface area contributed by atoms with Crippen molar-refractivity contribution in [3.05, 3.63) is 11.6 Å². The number of nitrogens with zero attached hydrogens (tertiary/aromatic N) is 3. The number of aryl methyl sites for hydroxylation is 1. The van der Waals surface area contributed by atoms with Crippen LogP contribution in [0.25, 0.3) is 0 Å². The van der Waals surface area contributed by atoms with E-state index < -0.39 is 11.6 Å². The molecule has 3 heterocycles. The lowest BCUT2D eigenvalue weighted by molar-refractivity contribution is -0.125. The minimum atomic E-state index is -1.02. The monoisotopic (exact) mass is 292 g/mol. The third-order valence-electron chi connectivity index (χ3n) is 3.85. The summed E-state index contributed by atoms with van der Waals surface area (Å²) in [7, 11) is 0. The number of hydrogen-bond donors (Lipinski definition) is 3. The first-order valence-electron chi connectivity index (χ1n) is 6.88. The molecule has 9 nitrogen and oxygen atoms in total. The van der Waals surface area contributed by atoms with Crippen LogP contribution in [-0.4, -0.2) is 56.6 Å². The molecule has 2 aliphatic rings. The molecule has 3 rings (SSSR count). The Balaban J connectivity index is 1.78. The van der Waals surface area contributed by atoms with Crippen molar-refractivity contribution in [3.8, 4) is 0 Å². The Morgan fingerprint density at radius 1 is 1.43 bits per heavy atom. The zero-order valence-corrected chi connectivity index (χ0v) is 11.6. The molecule has 112 valence electrons. The minimum absolute atomic E-state index is 0.0913. The van der Waals surface area contributed by atoms with Crippen LogP contribution in [0.5, 0.6) is 0 Å². The molecule has 1 spiro atoms. The fourth-order valence-electron chi connectivity index (χ4n) is 2.73. The fourth-order valence-corrected chi connectivity index (χ4v) is 2.73. The average molecular weight is 292 g/mol. The van der Waals surface area contributed by atoms with E-state index in [9.17, 15) is 14.4 Å². The van der Waals surface area contributed by atoms with Crippen LogP contribution in [0, 0.1) is 0 Å². The number of carbonyl (C=O) groups is 3. The summed E-state index contributed by atoms with van der Waals surface area (Å²) in [5.41, 5.74) is -1.02. The highest BCUT2D eigenvalue weighted by molar-refractivity contribution is 6.07. The van der Waals surface area contributed by atoms with Crippen molar-refractivity contribution < 1.29 is 14.4 Å². The van der Waals surface area contributed by atoms with Gasteiger partial charge in [-0.25, -0.2) is 9.78 Å². The maximum Gasteiger partial charge on any atom is 0.322 e. The standard InChI is InChI=1S/C12H16N6O3/c1-2-7-13-8(17-16-7)9(19)18-5-3-4-12(6-18)10(20)14-11(21)15-12/h2-6H2,1H3,(H,13,16,17)(H2,14,15,20,21). The van der Waals surface area contributed by atoms with E-state index in [0.717, 1.165) is 0 Å². The zero-order valence-electron chi connectivity index (χ0n) is 11.6. The second-order valence-corrected chi connectivity index (χ2v) is 5.28. The van der Waals surface area contributed by atoms with E-state index in [-0.39, 0.29) is 24.2 Å². The lowest BCUT2D eigenvalue weighted by atomic mass is 9.89. The number of nitrogens with one attached hydrogen (secondary N) is 3. The lowest BCUT2D eigenvalue weighted by Crippen LogP contribution is -2.59. The molecule has 1 atom stereocenters. The van der Waals surface area contributed by atoms with Crippen molar-refractivity contribution in [2.45, 2.75) is 31.7 Å². The lowest BCUT2D eigenvalue weighted by Gasteiger charge is -2.37. The molecule has 1 unspecified atom stereocenters. The number of carbonyl (C=O) groups excluding carboxylic acids is 3. The number of rotatable bonds is 2. The molecule has 3 N–H and O–H groups in total. The minimum Gasteiger partial charge on any atom is -0.333 e. The van der Waals surface area contributed by atoms with E-state index in [4.69, 9.17) is 0 Å². The Bertz CT molecular complexity index is 612. The van der Waals surface area contributed by atoms with Gasteiger partial charge >= 0.3 is 6.03 Å². The number of piperidine rings is 1. The van der Waals surface area contributed by atoms with E-state index in [0.29, 0.717) is 31.6 Å². The largest absolute Gasteiger partial charge is 0.333 e. The first kappa shape index (κ1) is 13.5. The van der Waals surface area contributed by atoms with Crippen LogP contribution in [0.1, 0.15) is 36.2 Å². The fraction of sp³-hybridized carbons (Fsp3) is 0.583. The predicted molar refractivity (Wildman–Crippen MR) is 70.3 cm³/mol. The quantitative estimate of drug-likeness (QED) is 0.615. The number of urea groups is 1. The maximum atomic E-state index is 12.4. The summed E-state index contributed by atoms with van der Waals surface area (Å²) in [5.74, 6) is 0.0128. The number of hydrogen-bond acceptors (Lipinski definition) is 5. The van der Waals surface area contributed by atoms with Crippen LogP contribution in [0.2, 0.25) is 0 Å².